The number of hydrogen-bond donors (Lipinski definition) is 3. The van der Waals surface area contributed by atoms with E-state index in [9.17, 15) is 14.4 Å². The summed E-state index contributed by atoms with van der Waals surface area (Å²) < 4.78 is 0. The zero-order valence-corrected chi connectivity index (χ0v) is 20.0. The fourth-order valence-corrected chi connectivity index (χ4v) is 5.12. The maximum Gasteiger partial charge on any atom is 0.279 e. The number of H-pyrrole nitrogens is 1. The maximum atomic E-state index is 13.9. The van der Waals surface area contributed by atoms with Crippen molar-refractivity contribution >= 4 is 44.8 Å². The highest BCUT2D eigenvalue weighted by Crippen LogP contribution is 2.38. The lowest BCUT2D eigenvalue weighted by Gasteiger charge is -2.16. The zero-order chi connectivity index (χ0) is 23.7. The van der Waals surface area contributed by atoms with E-state index in [1.807, 2.05) is 45.0 Å². The van der Waals surface area contributed by atoms with Crippen LogP contribution in [-0.2, 0) is 4.84 Å². The molecule has 33 heavy (non-hydrogen) atoms. The summed E-state index contributed by atoms with van der Waals surface area (Å²) in [6.45, 7) is 7.36. The van der Waals surface area contributed by atoms with E-state index in [-0.39, 0.29) is 21.8 Å². The number of nitrogens with one attached hydrogen (secondary N) is 3. The van der Waals surface area contributed by atoms with Gasteiger partial charge in [-0.25, -0.2) is 5.06 Å². The van der Waals surface area contributed by atoms with Crippen molar-refractivity contribution in [3.8, 4) is 0 Å². The third-order valence-electron chi connectivity index (χ3n) is 5.55. The number of para-hydroxylation sites is 1. The van der Waals surface area contributed by atoms with Gasteiger partial charge in [0.2, 0.25) is 5.78 Å². The minimum absolute atomic E-state index is 0.0854. The molecule has 0 atom stereocenters. The first-order valence-corrected chi connectivity index (χ1v) is 11.8. The zero-order valence-electron chi connectivity index (χ0n) is 19.2. The molecule has 3 N–H and O–H groups in total. The second kappa shape index (κ2) is 9.36. The normalized spacial score (nSPS) is 13.7. The average Bonchev–Trinajstić information content (AvgIpc) is 3.52. The van der Waals surface area contributed by atoms with Crippen molar-refractivity contribution in [1.82, 2.24) is 15.4 Å². The van der Waals surface area contributed by atoms with E-state index in [1.54, 1.807) is 0 Å². The number of carbonyl (C=O) groups is 3. The summed E-state index contributed by atoms with van der Waals surface area (Å²) in [4.78, 5) is 49.3. The van der Waals surface area contributed by atoms with Crippen LogP contribution in [0.2, 0.25) is 0 Å². The number of aromatic amines is 1. The molecule has 0 saturated carbocycles. The van der Waals surface area contributed by atoms with Gasteiger partial charge >= 0.3 is 0 Å². The van der Waals surface area contributed by atoms with Crippen molar-refractivity contribution in [2.45, 2.75) is 27.2 Å². The smallest absolute Gasteiger partial charge is 0.279 e. The number of thiophene rings is 1. The highest BCUT2D eigenvalue weighted by Gasteiger charge is 2.36. The van der Waals surface area contributed by atoms with Crippen LogP contribution in [0.15, 0.2) is 24.3 Å². The number of carbonyl (C=O) groups excluding carboxylic acids is 3. The molecule has 0 radical (unpaired) electrons. The first kappa shape index (κ1) is 23.0. The molecule has 3 aromatic rings. The van der Waals surface area contributed by atoms with Gasteiger partial charge in [-0.15, -0.1) is 11.3 Å². The molecule has 2 aromatic heterocycles. The third kappa shape index (κ3) is 4.26. The Balaban J connectivity index is 1.91. The number of hydroxylamine groups is 2. The summed E-state index contributed by atoms with van der Waals surface area (Å²) in [5.74, 6) is -0.878. The van der Waals surface area contributed by atoms with Gasteiger partial charge in [0.15, 0.2) is 0 Å². The Morgan fingerprint density at radius 2 is 1.94 bits per heavy atom. The molecule has 0 bridgehead atoms. The Hall–Kier alpha value is -3.17. The van der Waals surface area contributed by atoms with Crippen molar-refractivity contribution < 1.29 is 19.2 Å². The Labute approximate surface area is 196 Å². The lowest BCUT2D eigenvalue weighted by Crippen LogP contribution is -2.31. The molecule has 3 heterocycles. The van der Waals surface area contributed by atoms with E-state index in [2.05, 4.69) is 15.6 Å². The second-order valence-corrected chi connectivity index (χ2v) is 9.48. The van der Waals surface area contributed by atoms with Crippen LogP contribution in [0.1, 0.15) is 61.9 Å². The third-order valence-corrected chi connectivity index (χ3v) is 6.70. The summed E-state index contributed by atoms with van der Waals surface area (Å²) in [6.07, 6.45) is 0.703. The van der Waals surface area contributed by atoms with Gasteiger partial charge in [-0.05, 0) is 25.3 Å². The van der Waals surface area contributed by atoms with E-state index in [0.717, 1.165) is 22.2 Å². The first-order chi connectivity index (χ1) is 15.8. The van der Waals surface area contributed by atoms with Gasteiger partial charge in [-0.2, -0.15) is 0 Å². The molecule has 0 unspecified atom stereocenters. The monoisotopic (exact) mass is 468 g/mol. The van der Waals surface area contributed by atoms with Gasteiger partial charge in [-0.1, -0.05) is 32.0 Å². The van der Waals surface area contributed by atoms with Crippen molar-refractivity contribution in [1.29, 1.82) is 0 Å². The van der Waals surface area contributed by atoms with Crippen LogP contribution >= 0.6 is 11.3 Å². The van der Waals surface area contributed by atoms with Crippen LogP contribution in [0, 0.1) is 12.8 Å². The van der Waals surface area contributed by atoms with Crippen LogP contribution in [-0.4, -0.2) is 54.4 Å². The van der Waals surface area contributed by atoms with Gasteiger partial charge in [0.25, 0.3) is 11.8 Å². The Kier molecular flexibility index (Phi) is 6.53. The minimum Gasteiger partial charge on any atom is -0.376 e. The van der Waals surface area contributed by atoms with Gasteiger partial charge in [0.05, 0.1) is 34.7 Å². The predicted octanol–water partition coefficient (Wildman–Crippen LogP) is 3.97. The summed E-state index contributed by atoms with van der Waals surface area (Å²) in [5.41, 5.74) is 2.33. The van der Waals surface area contributed by atoms with Crippen LogP contribution in [0.25, 0.3) is 10.9 Å². The van der Waals surface area contributed by atoms with E-state index >= 15 is 0 Å². The lowest BCUT2D eigenvalue weighted by atomic mass is 10.00. The molecular weight excluding hydrogens is 440 g/mol. The molecule has 4 rings (SSSR count). The predicted molar refractivity (Wildman–Crippen MR) is 129 cm³/mol. The SMILES string of the molecule is CNC(=O)c1c(NCC(C)C)sc(C(=O)c2c(C)[nH]c3ccccc23)c1C(=O)N1CCCO1. The van der Waals surface area contributed by atoms with Gasteiger partial charge in [0, 0.05) is 30.2 Å². The molecule has 1 aliphatic rings. The number of ketones is 1. The summed E-state index contributed by atoms with van der Waals surface area (Å²) in [5, 5.41) is 8.43. The van der Waals surface area contributed by atoms with Gasteiger partial charge in [-0.3, -0.25) is 19.2 Å². The number of aryl methyl sites for hydroxylation is 1. The Bertz CT molecular complexity index is 1220. The summed E-state index contributed by atoms with van der Waals surface area (Å²) in [6, 6.07) is 7.55. The molecule has 1 fully saturated rings. The standard InChI is InChI=1S/C24H28N4O4S/c1-13(2)12-26-23-19(22(30)25-4)18(24(31)28-10-7-11-32-28)21(33-23)20(29)17-14(3)27-16-9-6-5-8-15(16)17/h5-6,8-9,13,26-27H,7,10-12H2,1-4H3,(H,25,30). The van der Waals surface area contributed by atoms with Gasteiger partial charge < -0.3 is 15.6 Å². The van der Waals surface area contributed by atoms with E-state index in [0.29, 0.717) is 48.3 Å². The minimum atomic E-state index is -0.471. The Morgan fingerprint density at radius 1 is 1.18 bits per heavy atom. The summed E-state index contributed by atoms with van der Waals surface area (Å²) in [7, 11) is 1.51. The highest BCUT2D eigenvalue weighted by molar-refractivity contribution is 7.19. The molecule has 1 saturated heterocycles. The first-order valence-electron chi connectivity index (χ1n) is 11.0. The molecule has 1 aliphatic heterocycles. The number of hydrogen-bond acceptors (Lipinski definition) is 6. The second-order valence-electron chi connectivity index (χ2n) is 8.46. The molecule has 174 valence electrons. The number of fused-ring (bicyclic) bond motifs is 1. The number of anilines is 1. The van der Waals surface area contributed by atoms with E-state index in [4.69, 9.17) is 4.84 Å². The average molecular weight is 469 g/mol. The van der Waals surface area contributed by atoms with Crippen molar-refractivity contribution in [2.24, 2.45) is 5.92 Å². The Morgan fingerprint density at radius 3 is 2.61 bits per heavy atom. The van der Waals surface area contributed by atoms with Crippen LogP contribution in [0.4, 0.5) is 5.00 Å². The summed E-state index contributed by atoms with van der Waals surface area (Å²) >= 11 is 1.14. The molecule has 9 heteroatoms. The lowest BCUT2D eigenvalue weighted by molar-refractivity contribution is -0.0768. The largest absolute Gasteiger partial charge is 0.376 e. The number of aromatic nitrogens is 1. The fraction of sp³-hybridized carbons (Fsp3) is 0.375. The fourth-order valence-electron chi connectivity index (χ4n) is 3.97. The molecule has 2 amide bonds. The number of benzene rings is 1. The topological polar surface area (TPSA) is 104 Å². The van der Waals surface area contributed by atoms with E-state index in [1.165, 1.54) is 12.1 Å². The van der Waals surface area contributed by atoms with E-state index < -0.39 is 11.8 Å². The molecule has 0 spiro atoms. The van der Waals surface area contributed by atoms with Gasteiger partial charge in [0.1, 0.15) is 5.00 Å². The molecular formula is C24H28N4O4S. The number of amides is 2. The number of rotatable bonds is 7. The van der Waals surface area contributed by atoms with Crippen molar-refractivity contribution in [2.75, 3.05) is 32.1 Å². The van der Waals surface area contributed by atoms with Crippen LogP contribution in [0.5, 0.6) is 0 Å². The molecule has 1 aromatic carbocycles. The highest BCUT2D eigenvalue weighted by atomic mass is 32.1. The maximum absolute atomic E-state index is 13.9. The van der Waals surface area contributed by atoms with Crippen LogP contribution < -0.4 is 10.6 Å². The number of nitrogens with zero attached hydrogens (tertiary/aromatic N) is 1. The quantitative estimate of drug-likeness (QED) is 0.455. The molecule has 8 nitrogen and oxygen atoms in total. The molecule has 0 aliphatic carbocycles. The van der Waals surface area contributed by atoms with Crippen molar-refractivity contribution in [3.05, 3.63) is 51.5 Å². The van der Waals surface area contributed by atoms with Crippen LogP contribution in [0.3, 0.4) is 0 Å². The van der Waals surface area contributed by atoms with Crippen molar-refractivity contribution in [3.63, 3.8) is 0 Å².